The van der Waals surface area contributed by atoms with Crippen LogP contribution in [0.25, 0.3) is 0 Å². The van der Waals surface area contributed by atoms with Gasteiger partial charge in [0.2, 0.25) is 0 Å². The Morgan fingerprint density at radius 3 is 2.26 bits per heavy atom. The number of Topliss-reactive ketones (excluding diaryl/α,β-unsaturated/α-hetero) is 1. The van der Waals surface area contributed by atoms with Gasteiger partial charge in [0.1, 0.15) is 17.3 Å². The number of likely N-dealkylation sites (tertiary alicyclic amines) is 2. The number of rotatable bonds is 7. The van der Waals surface area contributed by atoms with E-state index in [1.54, 1.807) is 11.0 Å². The van der Waals surface area contributed by atoms with Crippen LogP contribution in [0.1, 0.15) is 68.0 Å². The Balaban J connectivity index is 1.07. The minimum absolute atomic E-state index is 0.0448. The molecular weight excluding hydrogens is 540 g/mol. The summed E-state index contributed by atoms with van der Waals surface area (Å²) >= 11 is 0. The summed E-state index contributed by atoms with van der Waals surface area (Å²) in [6.45, 7) is 3.11. The van der Waals surface area contributed by atoms with Gasteiger partial charge in [-0.05, 0) is 67.6 Å². The highest BCUT2D eigenvalue weighted by molar-refractivity contribution is 5.99. The molecule has 2 saturated heterocycles. The summed E-state index contributed by atoms with van der Waals surface area (Å²) < 4.78 is 27.2. The number of pyridine rings is 1. The summed E-state index contributed by atoms with van der Waals surface area (Å²) in [6, 6.07) is 15.8. The molecule has 1 N–H and O–H groups in total. The van der Waals surface area contributed by atoms with Crippen molar-refractivity contribution in [3.63, 3.8) is 0 Å². The Labute approximate surface area is 243 Å². The number of hydrogen-bond donors (Lipinski definition) is 1. The van der Waals surface area contributed by atoms with E-state index in [0.717, 1.165) is 50.2 Å². The van der Waals surface area contributed by atoms with Crippen LogP contribution in [-0.2, 0) is 6.54 Å². The molecule has 2 aliphatic heterocycles. The van der Waals surface area contributed by atoms with Gasteiger partial charge in [-0.25, -0.2) is 8.78 Å². The van der Waals surface area contributed by atoms with Crippen molar-refractivity contribution in [2.24, 2.45) is 5.92 Å². The summed E-state index contributed by atoms with van der Waals surface area (Å²) in [5, 5.41) is 12.0. The Hall–Kier alpha value is -4.49. The number of halogens is 2. The van der Waals surface area contributed by atoms with E-state index in [-0.39, 0.29) is 34.9 Å². The van der Waals surface area contributed by atoms with E-state index < -0.39 is 17.6 Å². The first-order valence-electron chi connectivity index (χ1n) is 14.1. The van der Waals surface area contributed by atoms with Crippen LogP contribution in [0.15, 0.2) is 60.8 Å². The third-order valence-corrected chi connectivity index (χ3v) is 8.01. The summed E-state index contributed by atoms with van der Waals surface area (Å²) in [7, 11) is 0. The largest absolute Gasteiger partial charge is 0.349 e. The number of nitriles is 1. The molecule has 2 aliphatic rings. The lowest BCUT2D eigenvalue weighted by molar-refractivity contribution is 0.0644. The number of benzene rings is 2. The smallest absolute Gasteiger partial charge is 0.272 e. The molecule has 3 aromatic rings. The first-order valence-corrected chi connectivity index (χ1v) is 14.1. The van der Waals surface area contributed by atoms with Crippen LogP contribution in [0.4, 0.5) is 8.78 Å². The highest BCUT2D eigenvalue weighted by Crippen LogP contribution is 2.24. The van der Waals surface area contributed by atoms with Crippen LogP contribution in [0.2, 0.25) is 0 Å². The molecule has 42 heavy (non-hydrogen) atoms. The van der Waals surface area contributed by atoms with Crippen molar-refractivity contribution in [1.82, 2.24) is 20.1 Å². The van der Waals surface area contributed by atoms with E-state index in [2.05, 4.69) is 21.3 Å². The molecule has 0 atom stereocenters. The fourth-order valence-corrected chi connectivity index (χ4v) is 5.52. The number of aromatic nitrogens is 1. The number of hydrogen-bond acceptors (Lipinski definition) is 6. The number of carbonyl (C=O) groups is 3. The van der Waals surface area contributed by atoms with Gasteiger partial charge in [-0.15, -0.1) is 0 Å². The summed E-state index contributed by atoms with van der Waals surface area (Å²) in [6.07, 6.45) is 3.77. The van der Waals surface area contributed by atoms with Gasteiger partial charge in [-0.2, -0.15) is 5.26 Å². The maximum Gasteiger partial charge on any atom is 0.272 e. The van der Waals surface area contributed by atoms with Crippen molar-refractivity contribution in [3.8, 4) is 6.07 Å². The molecule has 2 fully saturated rings. The molecule has 2 aromatic carbocycles. The predicted molar refractivity (Wildman–Crippen MR) is 150 cm³/mol. The Morgan fingerprint density at radius 2 is 1.64 bits per heavy atom. The first-order chi connectivity index (χ1) is 20.3. The number of piperidine rings is 2. The number of carbonyl (C=O) groups excluding carboxylic acids is 3. The quantitative estimate of drug-likeness (QED) is 0.423. The van der Waals surface area contributed by atoms with Gasteiger partial charge in [0.05, 0.1) is 22.8 Å². The zero-order chi connectivity index (χ0) is 29.6. The number of amides is 2. The first kappa shape index (κ1) is 29.0. The molecule has 10 heteroatoms. The summed E-state index contributed by atoms with van der Waals surface area (Å²) in [5.41, 5.74) is 2.23. The third kappa shape index (κ3) is 6.86. The lowest BCUT2D eigenvalue weighted by Crippen LogP contribution is -2.44. The van der Waals surface area contributed by atoms with Crippen LogP contribution in [0.5, 0.6) is 0 Å². The predicted octanol–water partition coefficient (Wildman–Crippen LogP) is 4.36. The van der Waals surface area contributed by atoms with E-state index in [1.165, 1.54) is 12.3 Å². The van der Waals surface area contributed by atoms with Gasteiger partial charge in [0.15, 0.2) is 5.78 Å². The topological polar surface area (TPSA) is 106 Å². The lowest BCUT2D eigenvalue weighted by atomic mass is 9.88. The monoisotopic (exact) mass is 571 g/mol. The van der Waals surface area contributed by atoms with Crippen molar-refractivity contribution in [3.05, 3.63) is 100 Å². The van der Waals surface area contributed by atoms with E-state index in [4.69, 9.17) is 5.26 Å². The van der Waals surface area contributed by atoms with Gasteiger partial charge in [0, 0.05) is 56.9 Å². The molecule has 0 saturated carbocycles. The highest BCUT2D eigenvalue weighted by Gasteiger charge is 2.30. The molecular formula is C32H31F2N5O3. The van der Waals surface area contributed by atoms with Gasteiger partial charge >= 0.3 is 0 Å². The summed E-state index contributed by atoms with van der Waals surface area (Å²) in [4.78, 5) is 46.7. The van der Waals surface area contributed by atoms with E-state index in [9.17, 15) is 23.2 Å². The van der Waals surface area contributed by atoms with Crippen molar-refractivity contribution >= 4 is 17.6 Å². The van der Waals surface area contributed by atoms with Crippen molar-refractivity contribution in [2.45, 2.75) is 38.3 Å². The maximum atomic E-state index is 14.0. The number of nitrogens with zero attached hydrogens (tertiary/aromatic N) is 4. The van der Waals surface area contributed by atoms with E-state index >= 15 is 0 Å². The second-order valence-corrected chi connectivity index (χ2v) is 10.8. The van der Waals surface area contributed by atoms with Crippen LogP contribution in [0, 0.1) is 28.9 Å². The molecule has 5 rings (SSSR count). The minimum Gasteiger partial charge on any atom is -0.349 e. The van der Waals surface area contributed by atoms with E-state index in [0.29, 0.717) is 43.1 Å². The summed E-state index contributed by atoms with van der Waals surface area (Å²) in [5.74, 6) is -2.98. The molecule has 2 amide bonds. The zero-order valence-corrected chi connectivity index (χ0v) is 23.1. The van der Waals surface area contributed by atoms with Crippen LogP contribution in [0.3, 0.4) is 0 Å². The number of ketones is 1. The molecule has 0 bridgehead atoms. The van der Waals surface area contributed by atoms with Crippen LogP contribution < -0.4 is 5.32 Å². The molecule has 8 nitrogen and oxygen atoms in total. The molecule has 0 unspecified atom stereocenters. The average Bonchev–Trinajstić information content (AvgIpc) is 3.02. The molecule has 0 aliphatic carbocycles. The molecule has 3 heterocycles. The van der Waals surface area contributed by atoms with Crippen molar-refractivity contribution < 1.29 is 23.2 Å². The van der Waals surface area contributed by atoms with Gasteiger partial charge in [0.25, 0.3) is 11.8 Å². The van der Waals surface area contributed by atoms with Gasteiger partial charge < -0.3 is 10.2 Å². The Morgan fingerprint density at radius 1 is 0.929 bits per heavy atom. The molecule has 1 aromatic heterocycles. The number of nitrogens with one attached hydrogen (secondary N) is 1. The molecule has 0 radical (unpaired) electrons. The Bertz CT molecular complexity index is 1490. The second kappa shape index (κ2) is 13.0. The average molecular weight is 572 g/mol. The Kier molecular flexibility index (Phi) is 8.98. The normalized spacial score (nSPS) is 16.5. The zero-order valence-electron chi connectivity index (χ0n) is 23.1. The fourth-order valence-electron chi connectivity index (χ4n) is 5.52. The van der Waals surface area contributed by atoms with Crippen LogP contribution >= 0.6 is 0 Å². The van der Waals surface area contributed by atoms with E-state index in [1.807, 2.05) is 24.3 Å². The fraction of sp³-hybridized carbons (Fsp3) is 0.344. The maximum absolute atomic E-state index is 14.0. The van der Waals surface area contributed by atoms with Crippen LogP contribution in [-0.4, -0.2) is 64.6 Å². The second-order valence-electron chi connectivity index (χ2n) is 10.8. The third-order valence-electron chi connectivity index (χ3n) is 8.01. The minimum atomic E-state index is -0.878. The SMILES string of the molecule is N#Cc1ccc(CN2CCC(NC(=O)c3ccc(C(=O)N4CCC(C(=O)c5ccc(F)cc5F)CC4)nc3)CC2)cc1. The van der Waals surface area contributed by atoms with Crippen molar-refractivity contribution in [1.29, 1.82) is 5.26 Å². The standard InChI is InChI=1S/C32H31F2N5O3/c33-25-6-7-27(28(34)17-25)30(40)23-9-15-39(16-10-23)32(42)29-8-5-24(19-36-29)31(41)37-26-11-13-38(14-12-26)20-22-3-1-21(18-35)2-4-22/h1-8,17,19,23,26H,9-16,20H2,(H,37,41). The van der Waals surface area contributed by atoms with Gasteiger partial charge in [-0.3, -0.25) is 24.3 Å². The van der Waals surface area contributed by atoms with Crippen molar-refractivity contribution in [2.75, 3.05) is 26.2 Å². The molecule has 0 spiro atoms. The lowest BCUT2D eigenvalue weighted by Gasteiger charge is -2.32. The molecule has 216 valence electrons. The highest BCUT2D eigenvalue weighted by atomic mass is 19.1. The van der Waals surface area contributed by atoms with Gasteiger partial charge in [-0.1, -0.05) is 12.1 Å².